The third kappa shape index (κ3) is 2.39. The molecule has 1 heteroatoms. The molecule has 1 aliphatic carbocycles. The van der Waals surface area contributed by atoms with Crippen molar-refractivity contribution in [3.05, 3.63) is 0 Å². The fourth-order valence-electron chi connectivity index (χ4n) is 1.34. The molecule has 58 valence electrons. The SMILES string of the molecule is CC.CC1CCCC1C#N. The summed E-state index contributed by atoms with van der Waals surface area (Å²) in [6.07, 6.45) is 3.66. The van der Waals surface area contributed by atoms with Crippen LogP contribution < -0.4 is 0 Å². The number of rotatable bonds is 0. The second-order valence-corrected chi connectivity index (χ2v) is 2.64. The van der Waals surface area contributed by atoms with Crippen molar-refractivity contribution in [3.8, 4) is 6.07 Å². The Labute approximate surface area is 64.1 Å². The Morgan fingerprint density at radius 2 is 1.90 bits per heavy atom. The lowest BCUT2D eigenvalue weighted by Crippen LogP contribution is -1.98. The maximum Gasteiger partial charge on any atom is 0.0658 e. The molecular formula is C9H17N. The van der Waals surface area contributed by atoms with Gasteiger partial charge in [0, 0.05) is 5.92 Å². The van der Waals surface area contributed by atoms with Gasteiger partial charge in [0.05, 0.1) is 6.07 Å². The van der Waals surface area contributed by atoms with Crippen molar-refractivity contribution in [1.29, 1.82) is 5.26 Å². The molecule has 0 aromatic carbocycles. The van der Waals surface area contributed by atoms with E-state index in [0.29, 0.717) is 11.8 Å². The molecular weight excluding hydrogens is 122 g/mol. The van der Waals surface area contributed by atoms with Crippen LogP contribution in [0.3, 0.4) is 0 Å². The van der Waals surface area contributed by atoms with Gasteiger partial charge in [-0.3, -0.25) is 0 Å². The van der Waals surface area contributed by atoms with Gasteiger partial charge in [0.1, 0.15) is 0 Å². The molecule has 0 spiro atoms. The molecule has 1 saturated carbocycles. The highest BCUT2D eigenvalue weighted by atomic mass is 14.3. The van der Waals surface area contributed by atoms with Crippen molar-refractivity contribution in [2.24, 2.45) is 11.8 Å². The van der Waals surface area contributed by atoms with Crippen LogP contribution in [0.2, 0.25) is 0 Å². The zero-order valence-corrected chi connectivity index (χ0v) is 7.22. The van der Waals surface area contributed by atoms with E-state index in [2.05, 4.69) is 13.0 Å². The molecule has 0 saturated heterocycles. The van der Waals surface area contributed by atoms with Gasteiger partial charge in [-0.15, -0.1) is 0 Å². The van der Waals surface area contributed by atoms with Crippen molar-refractivity contribution in [2.45, 2.75) is 40.0 Å². The predicted octanol–water partition coefficient (Wildman–Crippen LogP) is 2.97. The van der Waals surface area contributed by atoms with Gasteiger partial charge < -0.3 is 0 Å². The van der Waals surface area contributed by atoms with E-state index in [0.717, 1.165) is 6.42 Å². The quantitative estimate of drug-likeness (QED) is 0.506. The van der Waals surface area contributed by atoms with Crippen molar-refractivity contribution < 1.29 is 0 Å². The molecule has 1 nitrogen and oxygen atoms in total. The molecule has 1 fully saturated rings. The first-order valence-electron chi connectivity index (χ1n) is 4.24. The van der Waals surface area contributed by atoms with Gasteiger partial charge in [-0.25, -0.2) is 0 Å². The first-order valence-corrected chi connectivity index (χ1v) is 4.24. The topological polar surface area (TPSA) is 23.8 Å². The standard InChI is InChI=1S/C7H11N.C2H6/c1-6-3-2-4-7(6)5-8;1-2/h6-7H,2-4H2,1H3;1-2H3. The van der Waals surface area contributed by atoms with E-state index < -0.39 is 0 Å². The second kappa shape index (κ2) is 5.29. The zero-order chi connectivity index (χ0) is 7.98. The largest absolute Gasteiger partial charge is 0.198 e. The van der Waals surface area contributed by atoms with Gasteiger partial charge >= 0.3 is 0 Å². The molecule has 2 atom stereocenters. The summed E-state index contributed by atoms with van der Waals surface area (Å²) in [5.74, 6) is 1.04. The summed E-state index contributed by atoms with van der Waals surface area (Å²) in [5, 5.41) is 8.49. The molecule has 0 bridgehead atoms. The van der Waals surface area contributed by atoms with Crippen LogP contribution in [0, 0.1) is 23.2 Å². The Kier molecular flexibility index (Phi) is 5.02. The Hall–Kier alpha value is -0.510. The van der Waals surface area contributed by atoms with Crippen LogP contribution in [0.1, 0.15) is 40.0 Å². The van der Waals surface area contributed by atoms with Crippen LogP contribution in [0.25, 0.3) is 0 Å². The fraction of sp³-hybridized carbons (Fsp3) is 0.889. The highest BCUT2D eigenvalue weighted by Gasteiger charge is 2.21. The van der Waals surface area contributed by atoms with E-state index in [4.69, 9.17) is 5.26 Å². The van der Waals surface area contributed by atoms with E-state index in [-0.39, 0.29) is 0 Å². The molecule has 0 aromatic heterocycles. The predicted molar refractivity (Wildman–Crippen MR) is 43.5 cm³/mol. The van der Waals surface area contributed by atoms with Gasteiger partial charge in [-0.1, -0.05) is 27.2 Å². The van der Waals surface area contributed by atoms with Crippen molar-refractivity contribution in [1.82, 2.24) is 0 Å². The fourth-order valence-corrected chi connectivity index (χ4v) is 1.34. The van der Waals surface area contributed by atoms with Crippen LogP contribution in [0.15, 0.2) is 0 Å². The number of hydrogen-bond acceptors (Lipinski definition) is 1. The Morgan fingerprint density at radius 1 is 1.30 bits per heavy atom. The summed E-state index contributed by atoms with van der Waals surface area (Å²) in [6, 6.07) is 2.31. The molecule has 1 rings (SSSR count). The minimum atomic E-state index is 0.370. The van der Waals surface area contributed by atoms with E-state index in [9.17, 15) is 0 Å². The van der Waals surface area contributed by atoms with Crippen LogP contribution in [-0.2, 0) is 0 Å². The van der Waals surface area contributed by atoms with E-state index in [1.54, 1.807) is 0 Å². The molecule has 1 aliphatic rings. The third-order valence-corrected chi connectivity index (χ3v) is 2.03. The highest BCUT2D eigenvalue weighted by molar-refractivity contribution is 4.90. The summed E-state index contributed by atoms with van der Waals surface area (Å²) in [6.45, 7) is 6.17. The van der Waals surface area contributed by atoms with Gasteiger partial charge in [0.15, 0.2) is 0 Å². The summed E-state index contributed by atoms with van der Waals surface area (Å²) in [7, 11) is 0. The van der Waals surface area contributed by atoms with Crippen molar-refractivity contribution >= 4 is 0 Å². The molecule has 0 aliphatic heterocycles. The van der Waals surface area contributed by atoms with Crippen LogP contribution in [-0.4, -0.2) is 0 Å². The van der Waals surface area contributed by atoms with Crippen LogP contribution in [0.5, 0.6) is 0 Å². The molecule has 0 amide bonds. The molecule has 0 N–H and O–H groups in total. The Bertz CT molecular complexity index is 112. The smallest absolute Gasteiger partial charge is 0.0658 e. The van der Waals surface area contributed by atoms with Gasteiger partial charge in [0.2, 0.25) is 0 Å². The monoisotopic (exact) mass is 139 g/mol. The summed E-state index contributed by atoms with van der Waals surface area (Å²) in [4.78, 5) is 0. The second-order valence-electron chi connectivity index (χ2n) is 2.64. The summed E-state index contributed by atoms with van der Waals surface area (Å²) in [5.41, 5.74) is 0. The number of hydrogen-bond donors (Lipinski definition) is 0. The zero-order valence-electron chi connectivity index (χ0n) is 7.22. The molecule has 10 heavy (non-hydrogen) atoms. The average Bonchev–Trinajstić information content (AvgIpc) is 2.39. The lowest BCUT2D eigenvalue weighted by molar-refractivity contribution is 0.514. The Balaban J connectivity index is 0.000000371. The van der Waals surface area contributed by atoms with E-state index >= 15 is 0 Å². The lowest BCUT2D eigenvalue weighted by atomic mass is 10.0. The molecule has 0 radical (unpaired) electrons. The summed E-state index contributed by atoms with van der Waals surface area (Å²) >= 11 is 0. The average molecular weight is 139 g/mol. The van der Waals surface area contributed by atoms with Gasteiger partial charge in [-0.05, 0) is 18.8 Å². The maximum atomic E-state index is 8.49. The normalized spacial score (nSPS) is 30.2. The lowest BCUT2D eigenvalue weighted by Gasteiger charge is -2.02. The maximum absolute atomic E-state index is 8.49. The number of nitrogens with zero attached hydrogens (tertiary/aromatic N) is 1. The number of nitriles is 1. The van der Waals surface area contributed by atoms with Crippen LogP contribution >= 0.6 is 0 Å². The molecule has 0 heterocycles. The Morgan fingerprint density at radius 3 is 2.10 bits per heavy atom. The van der Waals surface area contributed by atoms with Crippen molar-refractivity contribution in [2.75, 3.05) is 0 Å². The summed E-state index contributed by atoms with van der Waals surface area (Å²) < 4.78 is 0. The van der Waals surface area contributed by atoms with Crippen LogP contribution in [0.4, 0.5) is 0 Å². The minimum Gasteiger partial charge on any atom is -0.198 e. The molecule has 2 unspecified atom stereocenters. The minimum absolute atomic E-state index is 0.370. The third-order valence-electron chi connectivity index (χ3n) is 2.03. The van der Waals surface area contributed by atoms with E-state index in [1.165, 1.54) is 12.8 Å². The van der Waals surface area contributed by atoms with E-state index in [1.807, 2.05) is 13.8 Å². The highest BCUT2D eigenvalue weighted by Crippen LogP contribution is 2.29. The molecule has 0 aromatic rings. The van der Waals surface area contributed by atoms with Gasteiger partial charge in [0.25, 0.3) is 0 Å². The first-order chi connectivity index (χ1) is 4.84. The first kappa shape index (κ1) is 9.49. The van der Waals surface area contributed by atoms with Crippen molar-refractivity contribution in [3.63, 3.8) is 0 Å². The van der Waals surface area contributed by atoms with Gasteiger partial charge in [-0.2, -0.15) is 5.26 Å².